The Morgan fingerprint density at radius 3 is 2.76 bits per heavy atom. The van der Waals surface area contributed by atoms with Crippen LogP contribution in [0, 0.1) is 5.82 Å². The van der Waals surface area contributed by atoms with Crippen LogP contribution in [0.2, 0.25) is 5.02 Å². The smallest absolute Gasteiger partial charge is 0.280 e. The third-order valence-corrected chi connectivity index (χ3v) is 8.62. The van der Waals surface area contributed by atoms with E-state index in [2.05, 4.69) is 20.3 Å². The number of rotatable bonds is 7. The van der Waals surface area contributed by atoms with Gasteiger partial charge in [-0.3, -0.25) is 9.59 Å². The average Bonchev–Trinajstić information content (AvgIpc) is 3.35. The molecule has 0 saturated carbocycles. The van der Waals surface area contributed by atoms with Crippen molar-refractivity contribution in [2.24, 2.45) is 0 Å². The number of likely N-dealkylation sites (N-methyl/N-ethyl adjacent to an activating group) is 1. The van der Waals surface area contributed by atoms with Crippen molar-refractivity contribution in [2.75, 3.05) is 19.5 Å². The van der Waals surface area contributed by atoms with Gasteiger partial charge in [0.05, 0.1) is 24.2 Å². The first-order chi connectivity index (χ1) is 17.6. The van der Waals surface area contributed by atoms with Gasteiger partial charge in [-0.05, 0) is 36.8 Å². The van der Waals surface area contributed by atoms with Crippen molar-refractivity contribution >= 4 is 50.6 Å². The molecule has 2 heterocycles. The molecule has 1 aliphatic heterocycles. The number of thiazole rings is 1. The van der Waals surface area contributed by atoms with Crippen LogP contribution < -0.4 is 20.1 Å². The summed E-state index contributed by atoms with van der Waals surface area (Å²) in [7, 11) is -1.33. The van der Waals surface area contributed by atoms with Crippen molar-refractivity contribution in [2.45, 2.75) is 25.0 Å². The van der Waals surface area contributed by atoms with E-state index < -0.39 is 39.9 Å². The van der Waals surface area contributed by atoms with Crippen LogP contribution in [0.15, 0.2) is 48.7 Å². The van der Waals surface area contributed by atoms with Crippen LogP contribution in [-0.2, 0) is 26.3 Å². The first-order valence-corrected chi connectivity index (χ1v) is 13.6. The molecular weight excluding hydrogens is 545 g/mol. The van der Waals surface area contributed by atoms with E-state index in [-0.39, 0.29) is 23.7 Å². The van der Waals surface area contributed by atoms with Gasteiger partial charge < -0.3 is 15.4 Å². The van der Waals surface area contributed by atoms with E-state index in [9.17, 15) is 22.4 Å². The number of nitrogens with zero attached hydrogens (tertiary/aromatic N) is 2. The van der Waals surface area contributed by atoms with E-state index in [0.29, 0.717) is 10.8 Å². The number of hydrogen-bond acceptors (Lipinski definition) is 7. The Balaban J connectivity index is 1.42. The van der Waals surface area contributed by atoms with Crippen molar-refractivity contribution in [3.63, 3.8) is 0 Å². The van der Waals surface area contributed by atoms with Gasteiger partial charge in [-0.25, -0.2) is 9.37 Å². The predicted molar refractivity (Wildman–Crippen MR) is 138 cm³/mol. The normalized spacial score (nSPS) is 19.2. The first kappa shape index (κ1) is 26.9. The van der Waals surface area contributed by atoms with Crippen LogP contribution in [0.1, 0.15) is 11.3 Å². The number of amides is 2. The number of methoxy groups -OCH3 is 1. The van der Waals surface area contributed by atoms with Crippen molar-refractivity contribution in [1.82, 2.24) is 19.3 Å². The molecule has 0 spiro atoms. The van der Waals surface area contributed by atoms with Crippen LogP contribution in [0.4, 0.5) is 10.1 Å². The second kappa shape index (κ2) is 11.1. The van der Waals surface area contributed by atoms with E-state index in [1.54, 1.807) is 13.3 Å². The molecule has 3 N–H and O–H groups in total. The second-order valence-corrected chi connectivity index (χ2v) is 11.4. The second-order valence-electron chi connectivity index (χ2n) is 8.11. The number of aromatic nitrogens is 1. The zero-order valence-corrected chi connectivity index (χ0v) is 22.1. The number of anilines is 1. The molecule has 1 fully saturated rings. The Kier molecular flexibility index (Phi) is 8.09. The molecule has 4 rings (SSSR count). The number of carbonyl (C=O) groups excluding carboxylic acids is 2. The van der Waals surface area contributed by atoms with Gasteiger partial charge in [-0.1, -0.05) is 23.7 Å². The molecule has 196 valence electrons. The van der Waals surface area contributed by atoms with Crippen LogP contribution in [0.5, 0.6) is 5.75 Å². The summed E-state index contributed by atoms with van der Waals surface area (Å²) < 4.78 is 47.2. The van der Waals surface area contributed by atoms with E-state index >= 15 is 0 Å². The molecule has 2 amide bonds. The molecule has 2 aromatic carbocycles. The van der Waals surface area contributed by atoms with Gasteiger partial charge in [-0.2, -0.15) is 17.4 Å². The van der Waals surface area contributed by atoms with E-state index in [1.807, 2.05) is 24.3 Å². The largest absolute Gasteiger partial charge is 0.496 e. The van der Waals surface area contributed by atoms with Gasteiger partial charge in [0.1, 0.15) is 28.7 Å². The number of ether oxygens (including phenoxy) is 1. The Morgan fingerprint density at radius 1 is 1.27 bits per heavy atom. The van der Waals surface area contributed by atoms with E-state index in [0.717, 1.165) is 20.8 Å². The average molecular weight is 568 g/mol. The molecule has 1 aliphatic rings. The number of hydrogen-bond donors (Lipinski definition) is 3. The summed E-state index contributed by atoms with van der Waals surface area (Å²) in [6, 6.07) is 8.62. The fraction of sp³-hybridized carbons (Fsp3) is 0.261. The highest BCUT2D eigenvalue weighted by Gasteiger charge is 2.42. The van der Waals surface area contributed by atoms with E-state index in [1.165, 1.54) is 30.5 Å². The first-order valence-electron chi connectivity index (χ1n) is 11.0. The zero-order valence-electron chi connectivity index (χ0n) is 19.7. The monoisotopic (exact) mass is 567 g/mol. The third-order valence-electron chi connectivity index (χ3n) is 5.70. The Hall–Kier alpha value is -3.10. The number of nitrogens with one attached hydrogen (secondary N) is 3. The van der Waals surface area contributed by atoms with Crippen molar-refractivity contribution < 1.29 is 27.1 Å². The third kappa shape index (κ3) is 6.08. The predicted octanol–water partition coefficient (Wildman–Crippen LogP) is 2.77. The van der Waals surface area contributed by atoms with Crippen molar-refractivity contribution in [3.05, 3.63) is 64.4 Å². The summed E-state index contributed by atoms with van der Waals surface area (Å²) >= 11 is 7.11. The van der Waals surface area contributed by atoms with Gasteiger partial charge >= 0.3 is 0 Å². The Bertz CT molecular complexity index is 1430. The van der Waals surface area contributed by atoms with Gasteiger partial charge in [0.25, 0.3) is 10.2 Å². The van der Waals surface area contributed by atoms with Gasteiger partial charge in [0, 0.05) is 23.8 Å². The SMILES string of the molecule is COc1ccccc1-c1ncc(CNC(=O)C2CC(C(=O)Nc3ccc(F)c(Cl)c3)N(C)S(=O)(=O)N2)s1. The van der Waals surface area contributed by atoms with Crippen LogP contribution in [0.3, 0.4) is 0 Å². The molecule has 1 aromatic heterocycles. The minimum atomic E-state index is -4.13. The van der Waals surface area contributed by atoms with Crippen LogP contribution in [-0.4, -0.2) is 55.8 Å². The Labute approximate surface area is 222 Å². The summed E-state index contributed by atoms with van der Waals surface area (Å²) in [5, 5.41) is 5.73. The topological polar surface area (TPSA) is 130 Å². The maximum Gasteiger partial charge on any atom is 0.280 e. The van der Waals surface area contributed by atoms with E-state index in [4.69, 9.17) is 16.3 Å². The maximum absolute atomic E-state index is 13.4. The fourth-order valence-corrected chi connectivity index (χ4v) is 6.02. The molecule has 0 aliphatic carbocycles. The zero-order chi connectivity index (χ0) is 26.7. The summed E-state index contributed by atoms with van der Waals surface area (Å²) in [5.41, 5.74) is 1.00. The molecule has 37 heavy (non-hydrogen) atoms. The molecular formula is C23H23ClFN5O5S2. The van der Waals surface area contributed by atoms with Gasteiger partial charge in [-0.15, -0.1) is 11.3 Å². The standard InChI is InChI=1S/C23H23ClFN5O5S2/c1-30-19(22(32)28-13-7-8-17(25)16(24)9-13)10-18(29-37(30,33)34)21(31)26-11-14-12-27-23(36-14)15-5-3-4-6-20(15)35-2/h3-9,12,18-19,29H,10-11H2,1-2H3,(H,26,31)(H,28,32). The Morgan fingerprint density at radius 2 is 2.03 bits per heavy atom. The molecule has 0 bridgehead atoms. The lowest BCUT2D eigenvalue weighted by Crippen LogP contribution is -2.62. The fourth-order valence-electron chi connectivity index (χ4n) is 3.71. The highest BCUT2D eigenvalue weighted by Crippen LogP contribution is 2.32. The van der Waals surface area contributed by atoms with Gasteiger partial charge in [0.2, 0.25) is 11.8 Å². The van der Waals surface area contributed by atoms with Crippen molar-refractivity contribution in [1.29, 1.82) is 0 Å². The number of halogens is 2. The summed E-state index contributed by atoms with van der Waals surface area (Å²) in [5.74, 6) is -1.27. The summed E-state index contributed by atoms with van der Waals surface area (Å²) in [6.07, 6.45) is 1.49. The lowest BCUT2D eigenvalue weighted by atomic mass is 10.1. The van der Waals surface area contributed by atoms with Crippen LogP contribution in [0.25, 0.3) is 10.6 Å². The maximum atomic E-state index is 13.4. The van der Waals surface area contributed by atoms with Gasteiger partial charge in [0.15, 0.2) is 0 Å². The highest BCUT2D eigenvalue weighted by molar-refractivity contribution is 7.87. The number of carbonyl (C=O) groups is 2. The molecule has 1 saturated heterocycles. The molecule has 2 unspecified atom stereocenters. The number of para-hydroxylation sites is 1. The summed E-state index contributed by atoms with van der Waals surface area (Å²) in [4.78, 5) is 30.9. The molecule has 10 nitrogen and oxygen atoms in total. The number of benzene rings is 2. The minimum Gasteiger partial charge on any atom is -0.496 e. The lowest BCUT2D eigenvalue weighted by Gasteiger charge is -2.35. The molecule has 2 atom stereocenters. The highest BCUT2D eigenvalue weighted by atomic mass is 35.5. The summed E-state index contributed by atoms with van der Waals surface area (Å²) in [6.45, 7) is 0.116. The van der Waals surface area contributed by atoms with Crippen LogP contribution >= 0.6 is 22.9 Å². The minimum absolute atomic E-state index is 0.116. The quantitative estimate of drug-likeness (QED) is 0.402. The molecule has 14 heteroatoms. The van der Waals surface area contributed by atoms with Crippen molar-refractivity contribution in [3.8, 4) is 16.3 Å². The lowest BCUT2D eigenvalue weighted by molar-refractivity contribution is -0.124. The molecule has 3 aromatic rings. The molecule has 0 radical (unpaired) electrons.